The number of piperazine rings is 1. The quantitative estimate of drug-likeness (QED) is 0.554. The number of para-hydroxylation sites is 1. The molecule has 1 fully saturated rings. The lowest BCUT2D eigenvalue weighted by molar-refractivity contribution is -0.130. The molecule has 0 aliphatic carbocycles. The first-order valence-electron chi connectivity index (χ1n) is 10.5. The monoisotopic (exact) mass is 415 g/mol. The Labute approximate surface area is 180 Å². The highest BCUT2D eigenvalue weighted by molar-refractivity contribution is 5.89. The van der Waals surface area contributed by atoms with Crippen LogP contribution < -0.4 is 4.90 Å². The van der Waals surface area contributed by atoms with Gasteiger partial charge in [-0.2, -0.15) is 0 Å². The third kappa shape index (κ3) is 3.65. The Morgan fingerprint density at radius 3 is 2.58 bits per heavy atom. The van der Waals surface area contributed by atoms with Crippen LogP contribution in [0.3, 0.4) is 0 Å². The lowest BCUT2D eigenvalue weighted by atomic mass is 10.1. The highest BCUT2D eigenvalue weighted by atomic mass is 16.2. The number of H-pyrrole nitrogens is 1. The number of hydrogen-bond donors (Lipinski definition) is 1. The summed E-state index contributed by atoms with van der Waals surface area (Å²) in [4.78, 5) is 33.5. The number of fused-ring (bicyclic) bond motifs is 1. The Kier molecular flexibility index (Phi) is 4.89. The molecule has 1 saturated heterocycles. The molecule has 1 aliphatic heterocycles. The summed E-state index contributed by atoms with van der Waals surface area (Å²) in [6.45, 7) is 6.88. The number of anilines is 1. The van der Waals surface area contributed by atoms with Gasteiger partial charge < -0.3 is 14.8 Å². The summed E-state index contributed by atoms with van der Waals surface area (Å²) in [7, 11) is 0. The van der Waals surface area contributed by atoms with Crippen LogP contribution in [-0.4, -0.2) is 61.5 Å². The van der Waals surface area contributed by atoms with Crippen LogP contribution in [0.2, 0.25) is 0 Å². The van der Waals surface area contributed by atoms with E-state index in [9.17, 15) is 4.79 Å². The van der Waals surface area contributed by atoms with Crippen molar-refractivity contribution in [1.82, 2.24) is 29.4 Å². The number of nitrogens with one attached hydrogen (secondary N) is 1. The predicted molar refractivity (Wildman–Crippen MR) is 119 cm³/mol. The molecule has 1 amide bonds. The molecule has 8 nitrogen and oxygen atoms in total. The van der Waals surface area contributed by atoms with Gasteiger partial charge in [-0.3, -0.25) is 9.36 Å². The predicted octanol–water partition coefficient (Wildman–Crippen LogP) is 2.65. The molecule has 158 valence electrons. The average molecular weight is 416 g/mol. The Hall–Kier alpha value is -3.68. The average Bonchev–Trinajstić information content (AvgIpc) is 3.37. The van der Waals surface area contributed by atoms with Gasteiger partial charge in [0.15, 0.2) is 0 Å². The van der Waals surface area contributed by atoms with Crippen molar-refractivity contribution in [2.45, 2.75) is 20.3 Å². The van der Waals surface area contributed by atoms with Gasteiger partial charge in [0, 0.05) is 55.0 Å². The van der Waals surface area contributed by atoms with E-state index in [0.717, 1.165) is 52.6 Å². The van der Waals surface area contributed by atoms with Crippen LogP contribution in [0, 0.1) is 13.8 Å². The van der Waals surface area contributed by atoms with Crippen molar-refractivity contribution < 1.29 is 4.79 Å². The molecular weight excluding hydrogens is 390 g/mol. The van der Waals surface area contributed by atoms with Crippen LogP contribution >= 0.6 is 0 Å². The minimum absolute atomic E-state index is 0.164. The standard InChI is InChI=1S/C23H25N7O/c1-16-17(2)30(15-27-16)22-12-21(25-14-26-22)28-7-9-29(10-8-28)23(31)11-18-13-24-20-6-4-3-5-19(18)20/h3-6,12-15,24H,7-11H2,1-2H3. The maximum absolute atomic E-state index is 12.9. The SMILES string of the molecule is Cc1ncn(-c2cc(N3CCN(C(=O)Cc4c[nH]c5ccccc45)CC3)ncn2)c1C. The normalized spacial score (nSPS) is 14.4. The molecule has 0 radical (unpaired) electrons. The van der Waals surface area contributed by atoms with Gasteiger partial charge in [-0.25, -0.2) is 15.0 Å². The Balaban J connectivity index is 1.25. The Bertz CT molecular complexity index is 1230. The van der Waals surface area contributed by atoms with Crippen LogP contribution in [0.1, 0.15) is 17.0 Å². The fraction of sp³-hybridized carbons (Fsp3) is 0.304. The number of imidazole rings is 1. The molecule has 5 rings (SSSR count). The summed E-state index contributed by atoms with van der Waals surface area (Å²) in [5.74, 6) is 1.85. The van der Waals surface area contributed by atoms with Crippen LogP contribution in [0.15, 0.2) is 49.2 Å². The van der Waals surface area contributed by atoms with E-state index in [0.29, 0.717) is 19.5 Å². The molecule has 0 saturated carbocycles. The number of aromatic amines is 1. The first-order chi connectivity index (χ1) is 15.1. The third-order valence-electron chi connectivity index (χ3n) is 6.11. The van der Waals surface area contributed by atoms with Gasteiger partial charge in [0.05, 0.1) is 12.1 Å². The molecule has 1 aliphatic rings. The molecule has 3 aromatic heterocycles. The number of benzene rings is 1. The second-order valence-electron chi connectivity index (χ2n) is 7.92. The van der Waals surface area contributed by atoms with E-state index in [1.54, 1.807) is 12.7 Å². The molecule has 1 aromatic carbocycles. The maximum atomic E-state index is 12.9. The van der Waals surface area contributed by atoms with E-state index in [4.69, 9.17) is 0 Å². The summed E-state index contributed by atoms with van der Waals surface area (Å²) >= 11 is 0. The largest absolute Gasteiger partial charge is 0.361 e. The number of nitrogens with zero attached hydrogens (tertiary/aromatic N) is 6. The van der Waals surface area contributed by atoms with Gasteiger partial charge in [-0.05, 0) is 25.5 Å². The number of aromatic nitrogens is 5. The van der Waals surface area contributed by atoms with Crippen LogP contribution in [0.25, 0.3) is 16.7 Å². The van der Waals surface area contributed by atoms with Crippen molar-refractivity contribution in [3.05, 3.63) is 66.1 Å². The van der Waals surface area contributed by atoms with E-state index in [2.05, 4.69) is 30.9 Å². The number of aryl methyl sites for hydroxylation is 1. The zero-order chi connectivity index (χ0) is 21.4. The number of hydrogen-bond acceptors (Lipinski definition) is 5. The lowest BCUT2D eigenvalue weighted by Crippen LogP contribution is -2.49. The molecule has 8 heteroatoms. The molecule has 4 aromatic rings. The third-order valence-corrected chi connectivity index (χ3v) is 6.11. The zero-order valence-electron chi connectivity index (χ0n) is 17.7. The topological polar surface area (TPSA) is 82.9 Å². The Morgan fingerprint density at radius 1 is 1.03 bits per heavy atom. The van der Waals surface area contributed by atoms with Crippen molar-refractivity contribution in [3.8, 4) is 5.82 Å². The summed E-state index contributed by atoms with van der Waals surface area (Å²) < 4.78 is 1.97. The summed E-state index contributed by atoms with van der Waals surface area (Å²) in [6, 6.07) is 10.1. The molecule has 4 heterocycles. The second-order valence-corrected chi connectivity index (χ2v) is 7.92. The van der Waals surface area contributed by atoms with Gasteiger partial charge in [-0.1, -0.05) is 18.2 Å². The first kappa shape index (κ1) is 19.3. The van der Waals surface area contributed by atoms with Crippen molar-refractivity contribution >= 4 is 22.6 Å². The molecule has 0 bridgehead atoms. The van der Waals surface area contributed by atoms with Crippen LogP contribution in [0.5, 0.6) is 0 Å². The van der Waals surface area contributed by atoms with Crippen LogP contribution in [-0.2, 0) is 11.2 Å². The molecule has 0 atom stereocenters. The second kappa shape index (κ2) is 7.86. The smallest absolute Gasteiger partial charge is 0.227 e. The van der Waals surface area contributed by atoms with Crippen LogP contribution in [0.4, 0.5) is 5.82 Å². The van der Waals surface area contributed by atoms with E-state index in [1.165, 1.54) is 0 Å². The van der Waals surface area contributed by atoms with E-state index < -0.39 is 0 Å². The molecule has 0 unspecified atom stereocenters. The fourth-order valence-electron chi connectivity index (χ4n) is 4.11. The summed E-state index contributed by atoms with van der Waals surface area (Å²) in [6.07, 6.45) is 5.74. The van der Waals surface area contributed by atoms with Crippen molar-refractivity contribution in [3.63, 3.8) is 0 Å². The molecule has 1 N–H and O–H groups in total. The van der Waals surface area contributed by atoms with Crippen molar-refractivity contribution in [2.24, 2.45) is 0 Å². The van der Waals surface area contributed by atoms with E-state index >= 15 is 0 Å². The van der Waals surface area contributed by atoms with Gasteiger partial charge in [0.25, 0.3) is 0 Å². The number of carbonyl (C=O) groups excluding carboxylic acids is 1. The maximum Gasteiger partial charge on any atom is 0.227 e. The van der Waals surface area contributed by atoms with Crippen molar-refractivity contribution in [2.75, 3.05) is 31.1 Å². The fourth-order valence-corrected chi connectivity index (χ4v) is 4.11. The van der Waals surface area contributed by atoms with Gasteiger partial charge >= 0.3 is 0 Å². The van der Waals surface area contributed by atoms with E-state index in [1.807, 2.05) is 53.8 Å². The highest BCUT2D eigenvalue weighted by Crippen LogP contribution is 2.21. The Morgan fingerprint density at radius 2 is 1.81 bits per heavy atom. The summed E-state index contributed by atoms with van der Waals surface area (Å²) in [5, 5.41) is 1.12. The lowest BCUT2D eigenvalue weighted by Gasteiger charge is -2.35. The summed E-state index contributed by atoms with van der Waals surface area (Å²) in [5.41, 5.74) is 4.17. The van der Waals surface area contributed by atoms with E-state index in [-0.39, 0.29) is 5.91 Å². The molecule has 0 spiro atoms. The zero-order valence-corrected chi connectivity index (χ0v) is 17.7. The minimum Gasteiger partial charge on any atom is -0.361 e. The van der Waals surface area contributed by atoms with Crippen molar-refractivity contribution in [1.29, 1.82) is 0 Å². The number of amides is 1. The van der Waals surface area contributed by atoms with Gasteiger partial charge in [0.1, 0.15) is 24.3 Å². The molecule has 31 heavy (non-hydrogen) atoms. The minimum atomic E-state index is 0.164. The molecular formula is C23H25N7O. The highest BCUT2D eigenvalue weighted by Gasteiger charge is 2.23. The number of carbonyl (C=O) groups is 1. The van der Waals surface area contributed by atoms with Gasteiger partial charge in [-0.15, -0.1) is 0 Å². The van der Waals surface area contributed by atoms with Gasteiger partial charge in [0.2, 0.25) is 5.91 Å². The first-order valence-corrected chi connectivity index (χ1v) is 10.5. The number of rotatable bonds is 4.